The molecule has 1 aromatic carbocycles. The molecule has 4 bridgehead atoms. The molecule has 0 spiro atoms. The van der Waals surface area contributed by atoms with E-state index in [-0.39, 0.29) is 0 Å². The van der Waals surface area contributed by atoms with Crippen molar-refractivity contribution in [1.82, 2.24) is 9.62 Å². The first-order valence-corrected chi connectivity index (χ1v) is 13.2. The zero-order valence-corrected chi connectivity index (χ0v) is 19.0. The van der Waals surface area contributed by atoms with E-state index < -0.39 is 11.3 Å². The molecular weight excluding hydrogens is 392 g/mol. The summed E-state index contributed by atoms with van der Waals surface area (Å²) in [5.41, 5.74) is 3.52. The summed E-state index contributed by atoms with van der Waals surface area (Å²) in [6.45, 7) is 6.73. The third-order valence-corrected chi connectivity index (χ3v) is 10.3. The first-order valence-electron chi connectivity index (χ1n) is 12.1. The molecule has 6 fully saturated rings. The summed E-state index contributed by atoms with van der Waals surface area (Å²) < 4.78 is 22.5. The van der Waals surface area contributed by atoms with E-state index in [1.54, 1.807) is 19.3 Å². The van der Waals surface area contributed by atoms with Crippen molar-refractivity contribution in [2.24, 2.45) is 35.0 Å². The molecule has 3 unspecified atom stereocenters. The second-order valence-electron chi connectivity index (χ2n) is 11.7. The molecular formula is C25H36N2O2S. The minimum absolute atomic E-state index is 0.297. The molecule has 164 valence electrons. The van der Waals surface area contributed by atoms with Gasteiger partial charge in [-0.2, -0.15) is 0 Å². The van der Waals surface area contributed by atoms with Gasteiger partial charge in [0, 0.05) is 25.0 Å². The van der Waals surface area contributed by atoms with E-state index in [0.717, 1.165) is 35.2 Å². The maximum Gasteiger partial charge on any atom is 0.232 e. The Morgan fingerprint density at radius 2 is 1.73 bits per heavy atom. The van der Waals surface area contributed by atoms with Gasteiger partial charge in [-0.25, -0.2) is 8.93 Å². The Hall–Kier alpha value is -0.750. The minimum Gasteiger partial charge on any atom is -0.303 e. The highest BCUT2D eigenvalue weighted by atomic mass is 32.2. The van der Waals surface area contributed by atoms with Crippen LogP contribution in [0, 0.1) is 35.0 Å². The first-order chi connectivity index (χ1) is 14.4. The van der Waals surface area contributed by atoms with Crippen molar-refractivity contribution in [3.8, 4) is 0 Å². The summed E-state index contributed by atoms with van der Waals surface area (Å²) in [6, 6.07) is 8.66. The summed E-state index contributed by atoms with van der Waals surface area (Å²) in [5.74, 6) is 4.76. The van der Waals surface area contributed by atoms with E-state index >= 15 is 0 Å². The van der Waals surface area contributed by atoms with Crippen molar-refractivity contribution in [3.63, 3.8) is 0 Å². The lowest BCUT2D eigenvalue weighted by Gasteiger charge is -2.57. The lowest BCUT2D eigenvalue weighted by atomic mass is 9.49. The SMILES string of the molecule is CC1(c2cccc(CNS(=O)O)c2)C2CN(CCC34CC5CC(CC(C5)C3)C4)CC21. The minimum atomic E-state index is -1.95. The van der Waals surface area contributed by atoms with Gasteiger partial charge in [-0.15, -0.1) is 0 Å². The summed E-state index contributed by atoms with van der Waals surface area (Å²) >= 11 is -1.95. The van der Waals surface area contributed by atoms with Gasteiger partial charge in [0.15, 0.2) is 0 Å². The van der Waals surface area contributed by atoms with Crippen LogP contribution in [0.2, 0.25) is 0 Å². The molecule has 4 nitrogen and oxygen atoms in total. The smallest absolute Gasteiger partial charge is 0.232 e. The van der Waals surface area contributed by atoms with Crippen LogP contribution in [0.5, 0.6) is 0 Å². The molecule has 3 atom stereocenters. The van der Waals surface area contributed by atoms with Gasteiger partial charge in [0.25, 0.3) is 0 Å². The second kappa shape index (κ2) is 7.13. The normalized spacial score (nSPS) is 44.9. The molecule has 5 heteroatoms. The topological polar surface area (TPSA) is 52.6 Å². The van der Waals surface area contributed by atoms with Crippen LogP contribution < -0.4 is 4.72 Å². The number of benzene rings is 1. The lowest BCUT2D eigenvalue weighted by Crippen LogP contribution is -2.47. The van der Waals surface area contributed by atoms with Crippen molar-refractivity contribution in [3.05, 3.63) is 35.4 Å². The van der Waals surface area contributed by atoms with Gasteiger partial charge in [-0.1, -0.05) is 31.2 Å². The zero-order chi connectivity index (χ0) is 20.5. The molecule has 5 aliphatic carbocycles. The van der Waals surface area contributed by atoms with Crippen LogP contribution in [0.3, 0.4) is 0 Å². The fraction of sp³-hybridized carbons (Fsp3) is 0.760. The van der Waals surface area contributed by atoms with Crippen LogP contribution in [-0.2, 0) is 23.2 Å². The Morgan fingerprint density at radius 3 is 2.33 bits per heavy atom. The number of hydrogen-bond donors (Lipinski definition) is 2. The van der Waals surface area contributed by atoms with Crippen molar-refractivity contribution in [2.75, 3.05) is 19.6 Å². The van der Waals surface area contributed by atoms with E-state index in [4.69, 9.17) is 4.55 Å². The molecule has 2 N–H and O–H groups in total. The highest BCUT2D eigenvalue weighted by molar-refractivity contribution is 7.77. The van der Waals surface area contributed by atoms with E-state index in [0.29, 0.717) is 17.4 Å². The van der Waals surface area contributed by atoms with Crippen LogP contribution in [0.4, 0.5) is 0 Å². The average Bonchev–Trinajstić information content (AvgIpc) is 3.06. The van der Waals surface area contributed by atoms with Crippen LogP contribution in [0.15, 0.2) is 24.3 Å². The van der Waals surface area contributed by atoms with Gasteiger partial charge in [0.1, 0.15) is 0 Å². The summed E-state index contributed by atoms with van der Waals surface area (Å²) in [4.78, 5) is 2.77. The van der Waals surface area contributed by atoms with Crippen LogP contribution in [0.1, 0.15) is 63.0 Å². The quantitative estimate of drug-likeness (QED) is 0.635. The Bertz CT molecular complexity index is 808. The molecule has 5 saturated carbocycles. The number of piperidine rings is 1. The van der Waals surface area contributed by atoms with Gasteiger partial charge in [-0.3, -0.25) is 4.55 Å². The first kappa shape index (κ1) is 19.9. The Kier molecular flexibility index (Phi) is 4.73. The molecule has 1 aromatic rings. The molecule has 7 rings (SSSR count). The highest BCUT2D eigenvalue weighted by Crippen LogP contribution is 2.64. The third kappa shape index (κ3) is 3.32. The van der Waals surface area contributed by atoms with Crippen molar-refractivity contribution < 1.29 is 8.76 Å². The highest BCUT2D eigenvalue weighted by Gasteiger charge is 2.65. The molecule has 30 heavy (non-hydrogen) atoms. The van der Waals surface area contributed by atoms with Gasteiger partial charge in [0.05, 0.1) is 0 Å². The fourth-order valence-corrected chi connectivity index (χ4v) is 9.02. The molecule has 6 aliphatic rings. The van der Waals surface area contributed by atoms with E-state index in [9.17, 15) is 4.21 Å². The fourth-order valence-electron chi connectivity index (χ4n) is 8.73. The largest absolute Gasteiger partial charge is 0.303 e. The maximum absolute atomic E-state index is 10.9. The van der Waals surface area contributed by atoms with Crippen LogP contribution >= 0.6 is 0 Å². The maximum atomic E-state index is 10.9. The zero-order valence-electron chi connectivity index (χ0n) is 18.2. The summed E-state index contributed by atoms with van der Waals surface area (Å²) in [6.07, 6.45) is 10.7. The van der Waals surface area contributed by atoms with Crippen molar-refractivity contribution in [2.45, 2.75) is 63.8 Å². The average molecular weight is 429 g/mol. The molecule has 1 aliphatic heterocycles. The third-order valence-electron chi connectivity index (χ3n) is 9.90. The predicted molar refractivity (Wildman–Crippen MR) is 120 cm³/mol. The monoisotopic (exact) mass is 428 g/mol. The summed E-state index contributed by atoms with van der Waals surface area (Å²) in [7, 11) is 0. The van der Waals surface area contributed by atoms with Crippen LogP contribution in [-0.4, -0.2) is 33.3 Å². The number of hydrogen-bond acceptors (Lipinski definition) is 2. The number of likely N-dealkylation sites (tertiary alicyclic amines) is 1. The molecule has 0 radical (unpaired) electrons. The lowest BCUT2D eigenvalue weighted by molar-refractivity contribution is -0.0607. The molecule has 1 heterocycles. The summed E-state index contributed by atoms with van der Waals surface area (Å²) in [5, 5.41) is 0. The van der Waals surface area contributed by atoms with Crippen LogP contribution in [0.25, 0.3) is 0 Å². The van der Waals surface area contributed by atoms with Crippen molar-refractivity contribution >= 4 is 11.3 Å². The Labute approximate surface area is 183 Å². The Balaban J connectivity index is 1.06. The van der Waals surface area contributed by atoms with E-state index in [1.807, 2.05) is 6.07 Å². The standard InChI is InChI=1S/C25H36N2O2S/c1-24(21-4-2-3-17(10-21)14-26-30(28)29)22-15-27(16-23(22)24)6-5-25-11-18-7-19(12-25)9-20(8-18)13-25/h2-4,10,18-20,22-23,26H,5-9,11-16H2,1H3,(H,28,29). The number of nitrogens with zero attached hydrogens (tertiary/aromatic N) is 1. The molecule has 0 aromatic heterocycles. The molecule has 0 amide bonds. The van der Waals surface area contributed by atoms with Gasteiger partial charge >= 0.3 is 0 Å². The number of nitrogens with one attached hydrogen (secondary N) is 1. The molecule has 1 saturated heterocycles. The van der Waals surface area contributed by atoms with Gasteiger partial charge < -0.3 is 4.90 Å². The van der Waals surface area contributed by atoms with Gasteiger partial charge in [-0.05, 0) is 97.6 Å². The van der Waals surface area contributed by atoms with E-state index in [2.05, 4.69) is 34.7 Å². The second-order valence-corrected chi connectivity index (χ2v) is 12.5. The number of rotatable bonds is 7. The predicted octanol–water partition coefficient (Wildman–Crippen LogP) is 4.34. The van der Waals surface area contributed by atoms with Crippen molar-refractivity contribution in [1.29, 1.82) is 0 Å². The Morgan fingerprint density at radius 1 is 1.10 bits per heavy atom. The van der Waals surface area contributed by atoms with E-state index in [1.165, 1.54) is 50.9 Å². The van der Waals surface area contributed by atoms with Gasteiger partial charge in [0.2, 0.25) is 11.3 Å². The number of fused-ring (bicyclic) bond motifs is 1.